The quantitative estimate of drug-likeness (QED) is 0.825. The van der Waals surface area contributed by atoms with E-state index in [0.29, 0.717) is 10.8 Å². The minimum Gasteiger partial charge on any atom is -0.495 e. The molecule has 0 heterocycles. The fourth-order valence-corrected chi connectivity index (χ4v) is 3.73. The van der Waals surface area contributed by atoms with Crippen LogP contribution in [0.2, 0.25) is 5.02 Å². The van der Waals surface area contributed by atoms with Gasteiger partial charge in [-0.1, -0.05) is 35.9 Å². The lowest BCUT2D eigenvalue weighted by molar-refractivity contribution is 0.125. The normalized spacial score (nSPS) is 12.7. The van der Waals surface area contributed by atoms with Crippen molar-refractivity contribution in [3.63, 3.8) is 0 Å². The fraction of sp³-hybridized carbons (Fsp3) is 0.250. The van der Waals surface area contributed by atoms with Crippen LogP contribution in [0.4, 0.5) is 0 Å². The number of sulfone groups is 1. The molecule has 1 N–H and O–H groups in total. The molecule has 23 heavy (non-hydrogen) atoms. The molecule has 1 atom stereocenters. The van der Waals surface area contributed by atoms with E-state index in [9.17, 15) is 13.5 Å². The summed E-state index contributed by atoms with van der Waals surface area (Å²) in [7, 11) is -2.31. The minimum atomic E-state index is -3.70. The Morgan fingerprint density at radius 1 is 1.09 bits per heavy atom. The Hall–Kier alpha value is -1.76. The van der Waals surface area contributed by atoms with Gasteiger partial charge in [0.25, 0.3) is 0 Å². The molecule has 0 radical (unpaired) electrons. The molecule has 0 aromatic heterocycles. The Labute approximate surface area is 140 Å². The molecule has 0 aliphatic carbocycles. The highest BCUT2D eigenvalue weighted by molar-refractivity contribution is 7.91. The first-order chi connectivity index (χ1) is 10.9. The third-order valence-electron chi connectivity index (χ3n) is 3.08. The van der Waals surface area contributed by atoms with E-state index < -0.39 is 21.7 Å². The Morgan fingerprint density at radius 3 is 2.35 bits per heavy atom. The molecular formula is C16H17ClO5S. The summed E-state index contributed by atoms with van der Waals surface area (Å²) in [5.41, 5.74) is 0. The molecule has 0 amide bonds. The van der Waals surface area contributed by atoms with Gasteiger partial charge in [0, 0.05) is 0 Å². The Morgan fingerprint density at radius 2 is 1.70 bits per heavy atom. The second-order valence-electron chi connectivity index (χ2n) is 4.83. The molecule has 2 aromatic carbocycles. The second-order valence-corrected chi connectivity index (χ2v) is 7.24. The van der Waals surface area contributed by atoms with E-state index >= 15 is 0 Å². The average Bonchev–Trinajstić information content (AvgIpc) is 2.53. The molecule has 124 valence electrons. The number of rotatable bonds is 7. The highest BCUT2D eigenvalue weighted by atomic mass is 35.5. The number of aliphatic hydroxyl groups excluding tert-OH is 1. The SMILES string of the molecule is COc1ccccc1S(=O)(=O)C[C@H](O)COc1ccccc1Cl. The van der Waals surface area contributed by atoms with Crippen molar-refractivity contribution in [2.75, 3.05) is 19.5 Å². The number of hydrogen-bond acceptors (Lipinski definition) is 5. The van der Waals surface area contributed by atoms with Crippen molar-refractivity contribution < 1.29 is 23.0 Å². The lowest BCUT2D eigenvalue weighted by atomic mass is 10.3. The van der Waals surface area contributed by atoms with Crippen LogP contribution in [0.1, 0.15) is 0 Å². The monoisotopic (exact) mass is 356 g/mol. The zero-order chi connectivity index (χ0) is 16.9. The first kappa shape index (κ1) is 17.6. The van der Waals surface area contributed by atoms with Crippen molar-refractivity contribution in [3.8, 4) is 11.5 Å². The van der Waals surface area contributed by atoms with Crippen molar-refractivity contribution >= 4 is 21.4 Å². The summed E-state index contributed by atoms with van der Waals surface area (Å²) in [6.07, 6.45) is -1.19. The van der Waals surface area contributed by atoms with Crippen LogP contribution in [-0.4, -0.2) is 39.1 Å². The van der Waals surface area contributed by atoms with Gasteiger partial charge in [-0.2, -0.15) is 0 Å². The molecular weight excluding hydrogens is 340 g/mol. The lowest BCUT2D eigenvalue weighted by Crippen LogP contribution is -2.27. The minimum absolute atomic E-state index is 0.0410. The van der Waals surface area contributed by atoms with E-state index in [1.165, 1.54) is 13.2 Å². The molecule has 5 nitrogen and oxygen atoms in total. The Bertz CT molecular complexity index is 761. The number of ether oxygens (including phenoxy) is 2. The van der Waals surface area contributed by atoms with Gasteiger partial charge in [0.1, 0.15) is 29.1 Å². The van der Waals surface area contributed by atoms with E-state index in [1.807, 2.05) is 0 Å². The predicted molar refractivity (Wildman–Crippen MR) is 88.0 cm³/mol. The first-order valence-corrected chi connectivity index (χ1v) is 8.88. The van der Waals surface area contributed by atoms with Crippen LogP contribution in [0.15, 0.2) is 53.4 Å². The standard InChI is InChI=1S/C16H17ClO5S/c1-21-15-8-4-5-9-16(15)23(19,20)11-12(18)10-22-14-7-3-2-6-13(14)17/h2-9,12,18H,10-11H2,1H3/t12-/m1/s1. The Kier molecular flexibility index (Phi) is 5.87. The zero-order valence-electron chi connectivity index (χ0n) is 12.5. The number of aliphatic hydroxyl groups is 1. The van der Waals surface area contributed by atoms with Crippen LogP contribution < -0.4 is 9.47 Å². The summed E-state index contributed by atoms with van der Waals surface area (Å²) < 4.78 is 35.2. The van der Waals surface area contributed by atoms with Crippen LogP contribution in [0.25, 0.3) is 0 Å². The predicted octanol–water partition coefficient (Wildman–Crippen LogP) is 2.56. The van der Waals surface area contributed by atoms with Crippen molar-refractivity contribution in [1.82, 2.24) is 0 Å². The largest absolute Gasteiger partial charge is 0.495 e. The summed E-state index contributed by atoms with van der Waals surface area (Å²) >= 11 is 5.93. The number of benzene rings is 2. The van der Waals surface area contributed by atoms with Gasteiger partial charge < -0.3 is 14.6 Å². The summed E-state index contributed by atoms with van der Waals surface area (Å²) in [5, 5.41) is 10.4. The maximum atomic E-state index is 12.4. The topological polar surface area (TPSA) is 72.8 Å². The van der Waals surface area contributed by atoms with Crippen LogP contribution >= 0.6 is 11.6 Å². The molecule has 2 rings (SSSR count). The molecule has 0 spiro atoms. The maximum absolute atomic E-state index is 12.4. The van der Waals surface area contributed by atoms with Gasteiger partial charge in [0.05, 0.1) is 17.9 Å². The van der Waals surface area contributed by atoms with Gasteiger partial charge in [-0.15, -0.1) is 0 Å². The third kappa shape index (κ3) is 4.60. The highest BCUT2D eigenvalue weighted by Gasteiger charge is 2.23. The summed E-state index contributed by atoms with van der Waals surface area (Å²) in [6, 6.07) is 13.0. The van der Waals surface area contributed by atoms with E-state index in [2.05, 4.69) is 0 Å². The average molecular weight is 357 g/mol. The van der Waals surface area contributed by atoms with Crippen molar-refractivity contribution in [2.45, 2.75) is 11.0 Å². The second kappa shape index (κ2) is 7.68. The smallest absolute Gasteiger partial charge is 0.184 e. The highest BCUT2D eigenvalue weighted by Crippen LogP contribution is 2.25. The molecule has 0 aliphatic rings. The van der Waals surface area contributed by atoms with E-state index in [1.54, 1.807) is 42.5 Å². The van der Waals surface area contributed by atoms with Crippen molar-refractivity contribution in [2.24, 2.45) is 0 Å². The number of halogens is 1. The summed E-state index contributed by atoms with van der Waals surface area (Å²) in [4.78, 5) is 0.0410. The van der Waals surface area contributed by atoms with Gasteiger partial charge in [-0.05, 0) is 24.3 Å². The van der Waals surface area contributed by atoms with Gasteiger partial charge in [0.2, 0.25) is 0 Å². The fourth-order valence-electron chi connectivity index (χ4n) is 2.01. The zero-order valence-corrected chi connectivity index (χ0v) is 14.0. The lowest BCUT2D eigenvalue weighted by Gasteiger charge is -2.14. The molecule has 0 fully saturated rings. The van der Waals surface area contributed by atoms with Crippen LogP contribution in [0, 0.1) is 0 Å². The van der Waals surface area contributed by atoms with E-state index in [4.69, 9.17) is 21.1 Å². The third-order valence-corrected chi connectivity index (χ3v) is 5.23. The maximum Gasteiger partial charge on any atom is 0.184 e. The number of hydrogen-bond donors (Lipinski definition) is 1. The molecule has 0 bridgehead atoms. The van der Waals surface area contributed by atoms with E-state index in [0.717, 1.165) is 0 Å². The van der Waals surface area contributed by atoms with Crippen LogP contribution in [0.5, 0.6) is 11.5 Å². The van der Waals surface area contributed by atoms with Crippen LogP contribution in [-0.2, 0) is 9.84 Å². The molecule has 7 heteroatoms. The number of methoxy groups -OCH3 is 1. The van der Waals surface area contributed by atoms with Gasteiger partial charge in [0.15, 0.2) is 9.84 Å². The Balaban J connectivity index is 2.04. The molecule has 0 aliphatic heterocycles. The molecule has 0 unspecified atom stereocenters. The van der Waals surface area contributed by atoms with Gasteiger partial charge in [-0.25, -0.2) is 8.42 Å². The van der Waals surface area contributed by atoms with Crippen molar-refractivity contribution in [1.29, 1.82) is 0 Å². The van der Waals surface area contributed by atoms with Gasteiger partial charge in [-0.3, -0.25) is 0 Å². The summed E-state index contributed by atoms with van der Waals surface area (Å²) in [6.45, 7) is -0.182. The molecule has 0 saturated heterocycles. The number of para-hydroxylation sites is 2. The van der Waals surface area contributed by atoms with Gasteiger partial charge >= 0.3 is 0 Å². The molecule has 2 aromatic rings. The van der Waals surface area contributed by atoms with E-state index in [-0.39, 0.29) is 17.3 Å². The molecule has 0 saturated carbocycles. The van der Waals surface area contributed by atoms with Crippen molar-refractivity contribution in [3.05, 3.63) is 53.6 Å². The first-order valence-electron chi connectivity index (χ1n) is 6.85. The van der Waals surface area contributed by atoms with Crippen LogP contribution in [0.3, 0.4) is 0 Å². The summed E-state index contributed by atoms with van der Waals surface area (Å²) in [5.74, 6) is 0.160.